The molecule has 0 saturated carbocycles. The maximum absolute atomic E-state index is 10.6. The third kappa shape index (κ3) is 7.26. The number of likely N-dealkylation sites (tertiary alicyclic amines) is 1. The van der Waals surface area contributed by atoms with Crippen LogP contribution in [-0.4, -0.2) is 65.1 Å². The van der Waals surface area contributed by atoms with E-state index in [1.54, 1.807) is 11.3 Å². The monoisotopic (exact) mass is 472 g/mol. The minimum absolute atomic E-state index is 0.0132. The molecule has 3 heterocycles. The van der Waals surface area contributed by atoms with Crippen molar-refractivity contribution in [3.05, 3.63) is 52.0 Å². The van der Waals surface area contributed by atoms with Crippen LogP contribution in [0.15, 0.2) is 35.7 Å². The largest absolute Gasteiger partial charge is 0.490 e. The van der Waals surface area contributed by atoms with E-state index in [9.17, 15) is 13.2 Å². The van der Waals surface area contributed by atoms with Gasteiger partial charge in [0.2, 0.25) is 0 Å². The SMILES string of the molecule is Cc1nc(CO[C@@H]2CO[C@@]3(CCN(CCc4ccccc4)C3)C2)cs1.O=C(O)C(F)(F)F. The summed E-state index contributed by atoms with van der Waals surface area (Å²) in [6, 6.07) is 10.7. The number of hydrogen-bond acceptors (Lipinski definition) is 6. The normalized spacial score (nSPS) is 23.3. The minimum Gasteiger partial charge on any atom is -0.475 e. The molecular formula is C22H27F3N2O4S. The molecule has 4 rings (SSSR count). The van der Waals surface area contributed by atoms with Gasteiger partial charge in [0.05, 0.1) is 35.6 Å². The van der Waals surface area contributed by atoms with E-state index in [4.69, 9.17) is 19.4 Å². The lowest BCUT2D eigenvalue weighted by atomic mass is 9.98. The van der Waals surface area contributed by atoms with Crippen molar-refractivity contribution < 1.29 is 32.5 Å². The molecule has 2 aliphatic heterocycles. The average Bonchev–Trinajstić information content (AvgIpc) is 3.46. The number of rotatable bonds is 6. The zero-order chi connectivity index (χ0) is 23.2. The standard InChI is InChI=1S/C20H26N2O2S.C2HF3O2/c1-16-21-18(14-25-16)12-23-19-11-20(24-13-19)8-10-22(15-20)9-7-17-5-3-2-4-6-17;3-2(4,5)1(6)7/h2-6,14,19H,7-13,15H2,1H3;(H,6,7)/t19-,20-;/m0./s1. The number of aliphatic carboxylic acids is 1. The third-order valence-corrected chi connectivity index (χ3v) is 6.33. The van der Waals surface area contributed by atoms with E-state index in [1.165, 1.54) is 5.56 Å². The highest BCUT2D eigenvalue weighted by Gasteiger charge is 2.45. The summed E-state index contributed by atoms with van der Waals surface area (Å²) < 4.78 is 44.0. The Hall–Kier alpha value is -2.01. The zero-order valence-corrected chi connectivity index (χ0v) is 18.6. The first-order valence-corrected chi connectivity index (χ1v) is 11.3. The molecule has 1 spiro atoms. The summed E-state index contributed by atoms with van der Waals surface area (Å²) in [6.07, 6.45) is -1.63. The molecule has 2 atom stereocenters. The second kappa shape index (κ2) is 10.7. The van der Waals surface area contributed by atoms with E-state index in [-0.39, 0.29) is 11.7 Å². The maximum atomic E-state index is 10.6. The molecule has 0 radical (unpaired) electrons. The van der Waals surface area contributed by atoms with Gasteiger partial charge >= 0.3 is 12.1 Å². The molecule has 0 aliphatic carbocycles. The van der Waals surface area contributed by atoms with Gasteiger partial charge in [0.15, 0.2) is 0 Å². The van der Waals surface area contributed by atoms with E-state index in [2.05, 4.69) is 45.6 Å². The molecule has 176 valence electrons. The molecule has 0 unspecified atom stereocenters. The van der Waals surface area contributed by atoms with Crippen molar-refractivity contribution in [2.24, 2.45) is 0 Å². The third-order valence-electron chi connectivity index (χ3n) is 5.51. The molecule has 10 heteroatoms. The number of halogens is 3. The highest BCUT2D eigenvalue weighted by atomic mass is 32.1. The second-order valence-electron chi connectivity index (χ2n) is 8.05. The van der Waals surface area contributed by atoms with Crippen LogP contribution in [0.2, 0.25) is 0 Å². The Labute approximate surface area is 189 Å². The van der Waals surface area contributed by atoms with Crippen molar-refractivity contribution in [3.63, 3.8) is 0 Å². The number of hydrogen-bond donors (Lipinski definition) is 1. The zero-order valence-electron chi connectivity index (χ0n) is 17.8. The van der Waals surface area contributed by atoms with Crippen LogP contribution >= 0.6 is 11.3 Å². The molecule has 32 heavy (non-hydrogen) atoms. The van der Waals surface area contributed by atoms with Crippen LogP contribution in [0.1, 0.15) is 29.1 Å². The van der Waals surface area contributed by atoms with E-state index >= 15 is 0 Å². The minimum atomic E-state index is -5.08. The summed E-state index contributed by atoms with van der Waals surface area (Å²) in [5.74, 6) is -2.76. The lowest BCUT2D eigenvalue weighted by molar-refractivity contribution is -0.192. The molecule has 2 saturated heterocycles. The summed E-state index contributed by atoms with van der Waals surface area (Å²) in [4.78, 5) is 15.9. The molecular weight excluding hydrogens is 445 g/mol. The molecule has 2 aromatic rings. The van der Waals surface area contributed by atoms with Crippen molar-refractivity contribution in [3.8, 4) is 0 Å². The summed E-state index contributed by atoms with van der Waals surface area (Å²) in [7, 11) is 0. The predicted octanol–water partition coefficient (Wildman–Crippen LogP) is 4.08. The molecule has 2 aliphatic rings. The number of benzene rings is 1. The first-order valence-electron chi connectivity index (χ1n) is 10.4. The molecule has 1 N–H and O–H groups in total. The molecule has 1 aromatic carbocycles. The molecule has 0 amide bonds. The van der Waals surface area contributed by atoms with Crippen LogP contribution < -0.4 is 0 Å². The Morgan fingerprint density at radius 2 is 2.09 bits per heavy atom. The number of ether oxygens (including phenoxy) is 2. The van der Waals surface area contributed by atoms with Gasteiger partial charge in [-0.2, -0.15) is 13.2 Å². The number of aryl methyl sites for hydroxylation is 1. The van der Waals surface area contributed by atoms with Crippen LogP contribution in [0.3, 0.4) is 0 Å². The van der Waals surface area contributed by atoms with Gasteiger partial charge in [0.25, 0.3) is 0 Å². The van der Waals surface area contributed by atoms with E-state index < -0.39 is 12.1 Å². The number of carboxylic acids is 1. The number of carbonyl (C=O) groups is 1. The van der Waals surface area contributed by atoms with Crippen molar-refractivity contribution in [2.45, 2.75) is 50.7 Å². The molecule has 1 aromatic heterocycles. The lowest BCUT2D eigenvalue weighted by Gasteiger charge is -2.23. The first kappa shape index (κ1) is 24.6. The van der Waals surface area contributed by atoms with Crippen LogP contribution in [0.4, 0.5) is 13.2 Å². The number of carboxylic acid groups (broad SMARTS) is 1. The Bertz CT molecular complexity index is 878. The van der Waals surface area contributed by atoms with Crippen molar-refractivity contribution in [1.82, 2.24) is 9.88 Å². The van der Waals surface area contributed by atoms with Gasteiger partial charge in [-0.15, -0.1) is 11.3 Å². The second-order valence-corrected chi connectivity index (χ2v) is 9.12. The molecule has 2 fully saturated rings. The lowest BCUT2D eigenvalue weighted by Crippen LogP contribution is -2.33. The highest BCUT2D eigenvalue weighted by Crippen LogP contribution is 2.36. The Morgan fingerprint density at radius 3 is 2.72 bits per heavy atom. The Morgan fingerprint density at radius 1 is 1.38 bits per heavy atom. The van der Waals surface area contributed by atoms with Gasteiger partial charge in [-0.05, 0) is 25.3 Å². The fourth-order valence-electron chi connectivity index (χ4n) is 3.92. The number of alkyl halides is 3. The van der Waals surface area contributed by atoms with E-state index in [1.807, 2.05) is 6.92 Å². The van der Waals surface area contributed by atoms with E-state index in [0.717, 1.165) is 56.2 Å². The molecule has 0 bridgehead atoms. The van der Waals surface area contributed by atoms with Gasteiger partial charge in [-0.25, -0.2) is 9.78 Å². The predicted molar refractivity (Wildman–Crippen MR) is 114 cm³/mol. The maximum Gasteiger partial charge on any atom is 0.490 e. The number of nitrogens with zero attached hydrogens (tertiary/aromatic N) is 2. The fourth-order valence-corrected chi connectivity index (χ4v) is 4.52. The Kier molecular flexibility index (Phi) is 8.26. The van der Waals surface area contributed by atoms with Gasteiger partial charge in [-0.1, -0.05) is 30.3 Å². The summed E-state index contributed by atoms with van der Waals surface area (Å²) in [6.45, 7) is 6.63. The summed E-state index contributed by atoms with van der Waals surface area (Å²) in [5, 5.41) is 10.3. The topological polar surface area (TPSA) is 71.9 Å². The average molecular weight is 473 g/mol. The van der Waals surface area contributed by atoms with Crippen molar-refractivity contribution >= 4 is 17.3 Å². The highest BCUT2D eigenvalue weighted by molar-refractivity contribution is 7.09. The Balaban J connectivity index is 0.000000360. The van der Waals surface area contributed by atoms with Crippen molar-refractivity contribution in [2.75, 3.05) is 26.2 Å². The summed E-state index contributed by atoms with van der Waals surface area (Å²) >= 11 is 1.68. The summed E-state index contributed by atoms with van der Waals surface area (Å²) in [5.41, 5.74) is 2.47. The van der Waals surface area contributed by atoms with Gasteiger partial charge < -0.3 is 19.5 Å². The number of thiazole rings is 1. The van der Waals surface area contributed by atoms with Crippen LogP contribution in [0.25, 0.3) is 0 Å². The van der Waals surface area contributed by atoms with Gasteiger partial charge in [-0.3, -0.25) is 0 Å². The molecule has 6 nitrogen and oxygen atoms in total. The fraction of sp³-hybridized carbons (Fsp3) is 0.545. The van der Waals surface area contributed by atoms with Crippen LogP contribution in [0, 0.1) is 6.92 Å². The first-order chi connectivity index (χ1) is 15.2. The smallest absolute Gasteiger partial charge is 0.475 e. The number of aromatic nitrogens is 1. The quantitative estimate of drug-likeness (QED) is 0.683. The van der Waals surface area contributed by atoms with Crippen molar-refractivity contribution in [1.29, 1.82) is 0 Å². The van der Waals surface area contributed by atoms with E-state index in [0.29, 0.717) is 6.61 Å². The van der Waals surface area contributed by atoms with Gasteiger partial charge in [0.1, 0.15) is 0 Å². The van der Waals surface area contributed by atoms with Crippen LogP contribution in [0.5, 0.6) is 0 Å². The van der Waals surface area contributed by atoms with Gasteiger partial charge in [0, 0.05) is 31.4 Å². The van der Waals surface area contributed by atoms with Crippen LogP contribution in [-0.2, 0) is 27.3 Å².